The van der Waals surface area contributed by atoms with E-state index in [4.69, 9.17) is 0 Å². The fraction of sp³-hybridized carbons (Fsp3) is 0.550. The second kappa shape index (κ2) is 8.34. The lowest BCUT2D eigenvalue weighted by Crippen LogP contribution is -2.43. The lowest BCUT2D eigenvalue weighted by molar-refractivity contribution is -0.126. The molecule has 0 spiro atoms. The maximum absolute atomic E-state index is 12.6. The van der Waals surface area contributed by atoms with Crippen molar-refractivity contribution in [3.63, 3.8) is 0 Å². The van der Waals surface area contributed by atoms with Gasteiger partial charge in [0.05, 0.1) is 0 Å². The molecule has 140 valence electrons. The Balaban J connectivity index is 1.50. The minimum atomic E-state index is -0.0162. The van der Waals surface area contributed by atoms with Crippen molar-refractivity contribution < 1.29 is 14.4 Å². The molecule has 6 nitrogen and oxygen atoms in total. The largest absolute Gasteiger partial charge is 0.356 e. The summed E-state index contributed by atoms with van der Waals surface area (Å²) in [6, 6.07) is 7.06. The van der Waals surface area contributed by atoms with Crippen LogP contribution in [0.25, 0.3) is 0 Å². The number of nitrogens with zero attached hydrogens (tertiary/aromatic N) is 1. The van der Waals surface area contributed by atoms with Gasteiger partial charge in [-0.05, 0) is 56.4 Å². The second-order valence-corrected chi connectivity index (χ2v) is 7.20. The number of amides is 3. The maximum Gasteiger partial charge on any atom is 0.253 e. The van der Waals surface area contributed by atoms with Crippen LogP contribution in [0.4, 0.5) is 5.69 Å². The van der Waals surface area contributed by atoms with E-state index in [0.717, 1.165) is 24.9 Å². The van der Waals surface area contributed by atoms with Crippen molar-refractivity contribution in [1.29, 1.82) is 0 Å². The fourth-order valence-electron chi connectivity index (χ4n) is 3.21. The van der Waals surface area contributed by atoms with E-state index in [9.17, 15) is 14.4 Å². The molecule has 1 aliphatic heterocycles. The van der Waals surface area contributed by atoms with Gasteiger partial charge in [0, 0.05) is 42.7 Å². The first-order valence-electron chi connectivity index (χ1n) is 9.56. The monoisotopic (exact) mass is 357 g/mol. The van der Waals surface area contributed by atoms with E-state index < -0.39 is 0 Å². The summed E-state index contributed by atoms with van der Waals surface area (Å²) < 4.78 is 0. The Hall–Kier alpha value is -2.37. The maximum atomic E-state index is 12.6. The van der Waals surface area contributed by atoms with Crippen LogP contribution in [0.5, 0.6) is 0 Å². The summed E-state index contributed by atoms with van der Waals surface area (Å²) in [6.07, 6.45) is 4.28. The molecule has 2 fully saturated rings. The third-order valence-corrected chi connectivity index (χ3v) is 5.05. The Morgan fingerprint density at radius 1 is 0.962 bits per heavy atom. The molecule has 1 aromatic rings. The van der Waals surface area contributed by atoms with Gasteiger partial charge in [0.1, 0.15) is 0 Å². The van der Waals surface area contributed by atoms with Gasteiger partial charge in [0.2, 0.25) is 11.8 Å². The summed E-state index contributed by atoms with van der Waals surface area (Å²) in [6.45, 7) is 3.94. The normalized spacial score (nSPS) is 17.7. The van der Waals surface area contributed by atoms with Gasteiger partial charge in [-0.3, -0.25) is 14.4 Å². The third-order valence-electron chi connectivity index (χ3n) is 5.05. The second-order valence-electron chi connectivity index (χ2n) is 7.20. The van der Waals surface area contributed by atoms with E-state index >= 15 is 0 Å². The molecule has 0 bridgehead atoms. The van der Waals surface area contributed by atoms with E-state index in [1.165, 1.54) is 0 Å². The van der Waals surface area contributed by atoms with Crippen LogP contribution < -0.4 is 10.6 Å². The van der Waals surface area contributed by atoms with Crippen LogP contribution >= 0.6 is 0 Å². The van der Waals surface area contributed by atoms with Crippen LogP contribution in [-0.4, -0.2) is 42.3 Å². The van der Waals surface area contributed by atoms with Crippen molar-refractivity contribution in [3.8, 4) is 0 Å². The van der Waals surface area contributed by atoms with E-state index in [0.29, 0.717) is 38.0 Å². The zero-order chi connectivity index (χ0) is 18.5. The van der Waals surface area contributed by atoms with Gasteiger partial charge in [-0.1, -0.05) is 6.92 Å². The quantitative estimate of drug-likeness (QED) is 0.821. The molecule has 2 aliphatic rings. The van der Waals surface area contributed by atoms with Crippen molar-refractivity contribution in [2.75, 3.05) is 25.0 Å². The standard InChI is InChI=1S/C20H27N3O3/c1-2-11-21-18(24)15-9-12-23(13-10-15)20(26)16-5-7-17(8-6-16)22-19(25)14-3-4-14/h5-8,14-15H,2-4,9-13H2,1H3,(H,21,24)(H,22,25). The molecule has 0 radical (unpaired) electrons. The van der Waals surface area contributed by atoms with Crippen LogP contribution in [0, 0.1) is 11.8 Å². The highest BCUT2D eigenvalue weighted by Gasteiger charge is 2.30. The molecule has 2 N–H and O–H groups in total. The predicted molar refractivity (Wildman–Crippen MR) is 99.7 cm³/mol. The van der Waals surface area contributed by atoms with E-state index in [2.05, 4.69) is 10.6 Å². The van der Waals surface area contributed by atoms with Crippen LogP contribution in [0.1, 0.15) is 49.4 Å². The molecular formula is C20H27N3O3. The van der Waals surface area contributed by atoms with Crippen molar-refractivity contribution in [3.05, 3.63) is 29.8 Å². The molecule has 1 saturated carbocycles. The van der Waals surface area contributed by atoms with E-state index in [-0.39, 0.29) is 29.6 Å². The number of rotatable bonds is 6. The summed E-state index contributed by atoms with van der Waals surface area (Å²) in [5.74, 6) is 0.317. The number of carbonyl (C=O) groups is 3. The topological polar surface area (TPSA) is 78.5 Å². The molecule has 0 aromatic heterocycles. The van der Waals surface area contributed by atoms with Gasteiger partial charge in [0.15, 0.2) is 0 Å². The molecule has 3 rings (SSSR count). The molecule has 26 heavy (non-hydrogen) atoms. The van der Waals surface area contributed by atoms with Gasteiger partial charge in [-0.15, -0.1) is 0 Å². The predicted octanol–water partition coefficient (Wildman–Crippen LogP) is 2.41. The summed E-state index contributed by atoms with van der Waals surface area (Å²) in [5, 5.41) is 5.81. The van der Waals surface area contributed by atoms with Crippen molar-refractivity contribution >= 4 is 23.4 Å². The Kier molecular flexibility index (Phi) is 5.91. The average Bonchev–Trinajstić information content (AvgIpc) is 3.51. The first-order valence-corrected chi connectivity index (χ1v) is 9.56. The summed E-state index contributed by atoms with van der Waals surface area (Å²) in [5.41, 5.74) is 1.34. The summed E-state index contributed by atoms with van der Waals surface area (Å²) >= 11 is 0. The Bertz CT molecular complexity index is 659. The smallest absolute Gasteiger partial charge is 0.253 e. The van der Waals surface area contributed by atoms with Crippen LogP contribution in [0.2, 0.25) is 0 Å². The number of piperidine rings is 1. The minimum Gasteiger partial charge on any atom is -0.356 e. The molecule has 1 heterocycles. The molecule has 0 atom stereocenters. The summed E-state index contributed by atoms with van der Waals surface area (Å²) in [7, 11) is 0. The number of nitrogens with one attached hydrogen (secondary N) is 2. The van der Waals surface area contributed by atoms with Gasteiger partial charge in [-0.2, -0.15) is 0 Å². The zero-order valence-electron chi connectivity index (χ0n) is 15.3. The Morgan fingerprint density at radius 2 is 1.58 bits per heavy atom. The lowest BCUT2D eigenvalue weighted by atomic mass is 9.95. The highest BCUT2D eigenvalue weighted by Crippen LogP contribution is 2.30. The van der Waals surface area contributed by atoms with E-state index in [1.54, 1.807) is 29.2 Å². The SMILES string of the molecule is CCCNC(=O)C1CCN(C(=O)c2ccc(NC(=O)C3CC3)cc2)CC1. The number of hydrogen-bond donors (Lipinski definition) is 2. The first kappa shape index (κ1) is 18.4. The van der Waals surface area contributed by atoms with Gasteiger partial charge in [0.25, 0.3) is 5.91 Å². The fourth-order valence-corrected chi connectivity index (χ4v) is 3.21. The van der Waals surface area contributed by atoms with Crippen molar-refractivity contribution in [1.82, 2.24) is 10.2 Å². The number of carbonyl (C=O) groups excluding carboxylic acids is 3. The van der Waals surface area contributed by atoms with Crippen molar-refractivity contribution in [2.45, 2.75) is 39.0 Å². The first-order chi connectivity index (χ1) is 12.6. The molecule has 3 amide bonds. The number of likely N-dealkylation sites (tertiary alicyclic amines) is 1. The molecular weight excluding hydrogens is 330 g/mol. The number of benzene rings is 1. The van der Waals surface area contributed by atoms with Crippen molar-refractivity contribution in [2.24, 2.45) is 11.8 Å². The van der Waals surface area contributed by atoms with Gasteiger partial charge >= 0.3 is 0 Å². The van der Waals surface area contributed by atoms with Crippen LogP contribution in [0.3, 0.4) is 0 Å². The van der Waals surface area contributed by atoms with Crippen LogP contribution in [-0.2, 0) is 9.59 Å². The highest BCUT2D eigenvalue weighted by atomic mass is 16.2. The molecule has 6 heteroatoms. The number of anilines is 1. The Morgan fingerprint density at radius 3 is 2.15 bits per heavy atom. The van der Waals surface area contributed by atoms with Gasteiger partial charge in [-0.25, -0.2) is 0 Å². The average molecular weight is 357 g/mol. The minimum absolute atomic E-state index is 0.00520. The van der Waals surface area contributed by atoms with Gasteiger partial charge < -0.3 is 15.5 Å². The molecule has 1 aromatic carbocycles. The highest BCUT2D eigenvalue weighted by molar-refractivity contribution is 5.97. The molecule has 0 unspecified atom stereocenters. The zero-order valence-corrected chi connectivity index (χ0v) is 15.3. The Labute approximate surface area is 154 Å². The van der Waals surface area contributed by atoms with Crippen LogP contribution in [0.15, 0.2) is 24.3 Å². The third kappa shape index (κ3) is 4.62. The molecule has 1 saturated heterocycles. The lowest BCUT2D eigenvalue weighted by Gasteiger charge is -2.31. The molecule has 1 aliphatic carbocycles. The summed E-state index contributed by atoms with van der Waals surface area (Å²) in [4.78, 5) is 38.3. The number of hydrogen-bond acceptors (Lipinski definition) is 3. The van der Waals surface area contributed by atoms with E-state index in [1.807, 2.05) is 6.92 Å².